The fraction of sp³-hybridized carbons (Fsp3) is 0.250. The molecule has 1 aliphatic carbocycles. The maximum atomic E-state index is 9.34. The Kier molecular flexibility index (Phi) is 9.35. The van der Waals surface area contributed by atoms with Gasteiger partial charge < -0.3 is 9.30 Å². The molecule has 390 valence electrons. The van der Waals surface area contributed by atoms with E-state index >= 15 is 0 Å². The standard InChI is InChI=1S/C72H68N4O.Pt/c1-46-32-33-52(74-45-75(63-31-19-18-30-62(63)74)68-54(48-22-14-13-15-23-48)25-20-26-55(68)49-39-50(69(3,4)5)41-51(40-49)70(6,7)8)42-65(46)77-53-34-35-57-56-24-16-17-29-61(56)76(64(57)43-53)66-38-47(2)59(44-73-66)58-27-21-28-60-67(58)72(11,12)37-36-71(60,9)10;/h13-35,38-41,44H,36-37H2,1-12H3;/q;+2/i1D3,2D3,13D,14D,15D,16D,17D,22D,23D,24D,29D;. The first-order valence-corrected chi connectivity index (χ1v) is 26.1. The predicted molar refractivity (Wildman–Crippen MR) is 322 cm³/mol. The Balaban J connectivity index is 0.00000884. The van der Waals surface area contributed by atoms with Crippen LogP contribution in [-0.2, 0) is 42.7 Å². The molecule has 0 saturated carbocycles. The van der Waals surface area contributed by atoms with E-state index in [-0.39, 0.29) is 105 Å². The summed E-state index contributed by atoms with van der Waals surface area (Å²) in [5.41, 5.74) is 7.84. The third-order valence-electron chi connectivity index (χ3n) is 15.5. The van der Waals surface area contributed by atoms with Gasteiger partial charge in [-0.1, -0.05) is 201 Å². The summed E-state index contributed by atoms with van der Waals surface area (Å²) in [5.74, 6) is -0.262. The number of para-hydroxylation sites is 4. The van der Waals surface area contributed by atoms with Gasteiger partial charge in [0, 0.05) is 49.1 Å². The van der Waals surface area contributed by atoms with Gasteiger partial charge >= 0.3 is 27.1 Å². The van der Waals surface area contributed by atoms with E-state index in [4.69, 9.17) is 24.8 Å². The van der Waals surface area contributed by atoms with Crippen LogP contribution in [0.15, 0.2) is 170 Å². The zero-order valence-electron chi connectivity index (χ0n) is 60.4. The van der Waals surface area contributed by atoms with Crippen molar-refractivity contribution in [1.82, 2.24) is 18.7 Å². The first kappa shape index (κ1) is 37.4. The van der Waals surface area contributed by atoms with Crippen LogP contribution in [0.25, 0.3) is 61.0 Å². The second-order valence-electron chi connectivity index (χ2n) is 23.7. The maximum Gasteiger partial charge on any atom is 2.00 e. The van der Waals surface area contributed by atoms with Gasteiger partial charge in [-0.25, -0.2) is 4.98 Å². The number of fused-ring (bicyclic) bond motifs is 5. The average molecular weight is 1220 g/mol. The van der Waals surface area contributed by atoms with Gasteiger partial charge in [0.15, 0.2) is 0 Å². The minimum Gasteiger partial charge on any atom is -0.509 e. The fourth-order valence-corrected chi connectivity index (χ4v) is 11.1. The van der Waals surface area contributed by atoms with Crippen LogP contribution in [0.4, 0.5) is 22.7 Å². The Bertz CT molecular complexity index is 4820. The van der Waals surface area contributed by atoms with Crippen molar-refractivity contribution in [2.45, 2.75) is 117 Å². The largest absolute Gasteiger partial charge is 2.00 e. The van der Waals surface area contributed by atoms with Crippen LogP contribution in [0.3, 0.4) is 0 Å². The summed E-state index contributed by atoms with van der Waals surface area (Å²) in [6.45, 7) is 16.1. The summed E-state index contributed by atoms with van der Waals surface area (Å²) in [6, 6.07) is 38.7. The first-order chi connectivity index (χ1) is 42.9. The molecule has 2 aliphatic rings. The maximum absolute atomic E-state index is 9.34. The minimum absolute atomic E-state index is 0. The summed E-state index contributed by atoms with van der Waals surface area (Å²) >= 11 is 0. The Morgan fingerprint density at radius 2 is 1.28 bits per heavy atom. The van der Waals surface area contributed by atoms with E-state index in [0.29, 0.717) is 39.1 Å². The van der Waals surface area contributed by atoms with Gasteiger partial charge in [0.1, 0.15) is 11.5 Å². The second kappa shape index (κ2) is 19.5. The molecular formula is C72H68N4OPt+2. The number of hydrogen-bond donors (Lipinski definition) is 0. The van der Waals surface area contributed by atoms with Crippen LogP contribution in [0.2, 0.25) is 0 Å². The first-order valence-electron chi connectivity index (χ1n) is 33.6. The van der Waals surface area contributed by atoms with Gasteiger partial charge in [-0.3, -0.25) is 0 Å². The Morgan fingerprint density at radius 3 is 2.00 bits per heavy atom. The molecule has 0 bridgehead atoms. The summed E-state index contributed by atoms with van der Waals surface area (Å²) < 4.78 is 146. The average Bonchev–Trinajstić information content (AvgIpc) is 1.66. The molecule has 3 heterocycles. The molecule has 6 heteroatoms. The monoisotopic (exact) mass is 1210 g/mol. The second-order valence-corrected chi connectivity index (χ2v) is 23.7. The Labute approximate surface area is 497 Å². The van der Waals surface area contributed by atoms with Crippen LogP contribution in [-0.4, -0.2) is 15.6 Å². The smallest absolute Gasteiger partial charge is 0.509 e. The predicted octanol–water partition coefficient (Wildman–Crippen LogP) is 19.0. The zero-order chi connectivity index (χ0) is 66.6. The van der Waals surface area contributed by atoms with E-state index in [2.05, 4.69) is 112 Å². The molecule has 0 amide bonds. The molecule has 12 rings (SSSR count). The number of pyridine rings is 1. The van der Waals surface area contributed by atoms with Crippen LogP contribution in [0.5, 0.6) is 11.5 Å². The number of rotatable bonds is 8. The molecule has 0 radical (unpaired) electrons. The Hall–Kier alpha value is -7.42. The van der Waals surface area contributed by atoms with Gasteiger partial charge in [0.05, 0.1) is 23.5 Å². The van der Waals surface area contributed by atoms with Crippen molar-refractivity contribution >= 4 is 50.6 Å². The van der Waals surface area contributed by atoms with E-state index in [1.165, 1.54) is 29.0 Å². The van der Waals surface area contributed by atoms with Crippen LogP contribution >= 0.6 is 0 Å². The summed E-state index contributed by atoms with van der Waals surface area (Å²) in [4.78, 5) is 4.94. The topological polar surface area (TPSA) is 33.1 Å². The van der Waals surface area contributed by atoms with Crippen LogP contribution in [0.1, 0.15) is 136 Å². The zero-order valence-corrected chi connectivity index (χ0v) is 47.7. The molecule has 2 aromatic heterocycles. The van der Waals surface area contributed by atoms with Crippen molar-refractivity contribution in [3.8, 4) is 50.7 Å². The third kappa shape index (κ3) is 9.19. The molecule has 0 fully saturated rings. The fourth-order valence-electron chi connectivity index (χ4n) is 11.1. The minimum atomic E-state index is -2.77. The number of aromatic nitrogens is 2. The van der Waals surface area contributed by atoms with Crippen molar-refractivity contribution in [3.63, 3.8) is 0 Å². The van der Waals surface area contributed by atoms with E-state index < -0.39 is 62.0 Å². The van der Waals surface area contributed by atoms with Crippen molar-refractivity contribution in [3.05, 3.63) is 215 Å². The van der Waals surface area contributed by atoms with E-state index in [1.54, 1.807) is 27.4 Å². The van der Waals surface area contributed by atoms with Gasteiger partial charge in [-0.2, -0.15) is 12.1 Å². The molecule has 0 spiro atoms. The number of hydrogen-bond acceptors (Lipinski definition) is 2. The van der Waals surface area contributed by atoms with E-state index in [0.717, 1.165) is 46.2 Å². The van der Waals surface area contributed by atoms with Crippen LogP contribution in [0, 0.1) is 25.8 Å². The van der Waals surface area contributed by atoms with Crippen LogP contribution < -0.4 is 13.9 Å². The number of ether oxygens (including phenoxy) is 1. The van der Waals surface area contributed by atoms with E-state index in [9.17, 15) is 5.48 Å². The van der Waals surface area contributed by atoms with Gasteiger partial charge in [-0.15, -0.1) is 23.1 Å². The molecule has 5 nitrogen and oxygen atoms in total. The van der Waals surface area contributed by atoms with E-state index in [1.807, 2.05) is 48.5 Å². The molecule has 0 unspecified atom stereocenters. The van der Waals surface area contributed by atoms with Crippen molar-refractivity contribution in [2.24, 2.45) is 0 Å². The molecule has 0 atom stereocenters. The van der Waals surface area contributed by atoms with Crippen molar-refractivity contribution in [2.75, 3.05) is 0 Å². The summed E-state index contributed by atoms with van der Waals surface area (Å²) in [6.07, 6.45) is 3.33. The van der Waals surface area contributed by atoms with Gasteiger partial charge in [-0.05, 0) is 120 Å². The SMILES string of the molecule is [2H]c1c([2H])c([2H])c(-c2cccc(-c3cc(C(C)(C)C)cc(C(C)(C)C)c3)c2[N+]2=C=[N+](c3[c-]c(Oc4[c-]c5c(cc4)c4c([2H])c([2H])c([2H])c([2H])c4n5-c4cc(C([2H])([2H])[2H])c(-c5cccc6c5C(C)(C)CCC6(C)C)cn4)c(C([2H])([2H])[2H])cc3)c3ccccc32)c([2H])c1[2H].[Pt+2]. The molecule has 0 saturated heterocycles. The van der Waals surface area contributed by atoms with Crippen molar-refractivity contribution in [1.29, 1.82) is 0 Å². The summed E-state index contributed by atoms with van der Waals surface area (Å²) in [5, 5.41) is 0.417. The number of nitrogens with zero attached hydrogens (tertiary/aromatic N) is 4. The molecular weight excluding hydrogens is 1130 g/mol. The Morgan fingerprint density at radius 1 is 0.628 bits per heavy atom. The quantitative estimate of drug-likeness (QED) is 0.112. The molecule has 8 aromatic carbocycles. The normalized spacial score (nSPS) is 17.7. The molecule has 10 aromatic rings. The van der Waals surface area contributed by atoms with Gasteiger partial charge in [0.25, 0.3) is 11.4 Å². The van der Waals surface area contributed by atoms with Crippen molar-refractivity contribution < 1.29 is 46.4 Å². The number of benzene rings is 8. The summed E-state index contributed by atoms with van der Waals surface area (Å²) in [7, 11) is 0. The number of aryl methyl sites for hydroxylation is 2. The molecule has 1 aliphatic heterocycles. The van der Waals surface area contributed by atoms with Gasteiger partial charge in [0.2, 0.25) is 5.69 Å². The molecule has 0 N–H and O–H groups in total. The molecule has 78 heavy (non-hydrogen) atoms. The third-order valence-corrected chi connectivity index (χ3v) is 15.5.